The van der Waals surface area contributed by atoms with Crippen molar-refractivity contribution in [3.05, 3.63) is 94.9 Å². The van der Waals surface area contributed by atoms with Crippen molar-refractivity contribution in [2.75, 3.05) is 28.2 Å². The zero-order chi connectivity index (χ0) is 22.9. The Balaban J connectivity index is 1.51. The molecule has 2 amide bonds. The van der Waals surface area contributed by atoms with E-state index in [-0.39, 0.29) is 22.0 Å². The monoisotopic (exact) mass is 461 g/mol. The minimum absolute atomic E-state index is 0.159. The lowest BCUT2D eigenvalue weighted by Crippen LogP contribution is -2.32. The van der Waals surface area contributed by atoms with Crippen LogP contribution in [0.1, 0.15) is 18.4 Å². The lowest BCUT2D eigenvalue weighted by molar-refractivity contribution is -0.120. The fraction of sp³-hybridized carbons (Fsp3) is 0.154. The van der Waals surface area contributed by atoms with Crippen molar-refractivity contribution in [1.82, 2.24) is 0 Å². The van der Waals surface area contributed by atoms with E-state index in [0.29, 0.717) is 11.3 Å². The Morgan fingerprint density at radius 3 is 2.15 bits per heavy atom. The van der Waals surface area contributed by atoms with Gasteiger partial charge in [0.2, 0.25) is 0 Å². The van der Waals surface area contributed by atoms with Crippen molar-refractivity contribution >= 4 is 46.1 Å². The molecule has 33 heavy (non-hydrogen) atoms. The average Bonchev–Trinajstić information content (AvgIpc) is 3.44. The van der Waals surface area contributed by atoms with Crippen molar-refractivity contribution in [2.45, 2.75) is 12.8 Å². The van der Waals surface area contributed by atoms with Crippen LogP contribution in [0.4, 0.5) is 21.5 Å². The van der Waals surface area contributed by atoms with Gasteiger partial charge in [-0.1, -0.05) is 41.9 Å². The minimum atomic E-state index is -0.618. The Bertz CT molecular complexity index is 1250. The van der Waals surface area contributed by atoms with Gasteiger partial charge in [-0.2, -0.15) is 0 Å². The van der Waals surface area contributed by atoms with Crippen molar-refractivity contribution < 1.29 is 14.0 Å². The summed E-state index contributed by atoms with van der Waals surface area (Å²) >= 11 is 5.92. The molecule has 0 unspecified atom stereocenters. The number of nitrogens with one attached hydrogen (secondary N) is 1. The van der Waals surface area contributed by atoms with E-state index in [1.54, 1.807) is 24.3 Å². The largest absolute Gasteiger partial charge is 0.372 e. The van der Waals surface area contributed by atoms with Crippen LogP contribution in [0.25, 0.3) is 5.57 Å². The Morgan fingerprint density at radius 1 is 0.818 bits per heavy atom. The Hall–Kier alpha value is -3.64. The van der Waals surface area contributed by atoms with Crippen LogP contribution in [-0.2, 0) is 9.59 Å². The van der Waals surface area contributed by atoms with Crippen molar-refractivity contribution in [3.63, 3.8) is 0 Å². The fourth-order valence-corrected chi connectivity index (χ4v) is 4.43. The number of hydrogen-bond acceptors (Lipinski definition) is 4. The Morgan fingerprint density at radius 2 is 1.48 bits per heavy atom. The Kier molecular flexibility index (Phi) is 5.60. The first-order valence-electron chi connectivity index (χ1n) is 10.8. The summed E-state index contributed by atoms with van der Waals surface area (Å²) in [6.07, 6.45) is 2.38. The van der Waals surface area contributed by atoms with Crippen LogP contribution >= 0.6 is 11.6 Å². The summed E-state index contributed by atoms with van der Waals surface area (Å²) in [4.78, 5) is 30.2. The highest BCUT2D eigenvalue weighted by Gasteiger charge is 2.40. The molecule has 1 N–H and O–H groups in total. The zero-order valence-corrected chi connectivity index (χ0v) is 18.5. The van der Waals surface area contributed by atoms with Gasteiger partial charge in [0.25, 0.3) is 11.8 Å². The average molecular weight is 462 g/mol. The highest BCUT2D eigenvalue weighted by Crippen LogP contribution is 2.35. The first kappa shape index (κ1) is 21.2. The van der Waals surface area contributed by atoms with E-state index < -0.39 is 17.6 Å². The molecule has 0 saturated carbocycles. The number of hydrogen-bond donors (Lipinski definition) is 1. The number of amides is 2. The predicted octanol–water partition coefficient (Wildman–Crippen LogP) is 5.48. The van der Waals surface area contributed by atoms with Gasteiger partial charge in [-0.3, -0.25) is 9.59 Å². The van der Waals surface area contributed by atoms with Gasteiger partial charge in [-0.25, -0.2) is 9.29 Å². The van der Waals surface area contributed by atoms with Crippen LogP contribution in [0, 0.1) is 5.82 Å². The van der Waals surface area contributed by atoms with Crippen LogP contribution in [0.2, 0.25) is 5.02 Å². The van der Waals surface area contributed by atoms with Gasteiger partial charge < -0.3 is 10.2 Å². The molecule has 2 aliphatic heterocycles. The molecule has 3 aromatic rings. The number of carbonyl (C=O) groups excluding carboxylic acids is 2. The normalized spacial score (nSPS) is 16.2. The molecular weight excluding hydrogens is 441 g/mol. The maximum atomic E-state index is 13.7. The molecule has 0 bridgehead atoms. The molecule has 166 valence electrons. The number of anilines is 3. The van der Waals surface area contributed by atoms with Crippen molar-refractivity contribution in [3.8, 4) is 0 Å². The topological polar surface area (TPSA) is 52.7 Å². The summed E-state index contributed by atoms with van der Waals surface area (Å²) in [5, 5.41) is 3.00. The SMILES string of the molecule is O=C1C(Nc2ccc(N3CCCC3)cc2)=C(c2ccccc2)C(=O)N1c1ccc(F)c(Cl)c1. The number of imide groups is 1. The second-order valence-corrected chi connectivity index (χ2v) is 8.43. The highest BCUT2D eigenvalue weighted by atomic mass is 35.5. The van der Waals surface area contributed by atoms with Crippen LogP contribution in [0.5, 0.6) is 0 Å². The molecule has 0 radical (unpaired) electrons. The van der Waals surface area contributed by atoms with E-state index in [2.05, 4.69) is 10.2 Å². The molecule has 7 heteroatoms. The standard InChI is InChI=1S/C26H21ClFN3O2/c27-21-16-20(12-13-22(21)28)31-25(32)23(17-6-2-1-3-7-17)24(26(31)33)29-18-8-10-19(11-9-18)30-14-4-5-15-30/h1-3,6-13,16,29H,4-5,14-15H2. The third kappa shape index (κ3) is 3.98. The van der Waals surface area contributed by atoms with Gasteiger partial charge in [-0.15, -0.1) is 0 Å². The molecule has 5 rings (SSSR count). The van der Waals surface area contributed by atoms with Gasteiger partial charge in [0, 0.05) is 24.5 Å². The summed E-state index contributed by atoms with van der Waals surface area (Å²) in [6, 6.07) is 20.6. The smallest absolute Gasteiger partial charge is 0.282 e. The van der Waals surface area contributed by atoms with Crippen LogP contribution in [0.15, 0.2) is 78.5 Å². The number of rotatable bonds is 5. The summed E-state index contributed by atoms with van der Waals surface area (Å²) in [6.45, 7) is 2.08. The van der Waals surface area contributed by atoms with Crippen molar-refractivity contribution in [2.24, 2.45) is 0 Å². The van der Waals surface area contributed by atoms with E-state index in [0.717, 1.165) is 29.7 Å². The second kappa shape index (κ2) is 8.71. The minimum Gasteiger partial charge on any atom is -0.372 e. The number of halogens is 2. The lowest BCUT2D eigenvalue weighted by atomic mass is 10.0. The molecule has 0 atom stereocenters. The highest BCUT2D eigenvalue weighted by molar-refractivity contribution is 6.46. The van der Waals surface area contributed by atoms with E-state index in [9.17, 15) is 14.0 Å². The maximum absolute atomic E-state index is 13.7. The van der Waals surface area contributed by atoms with Crippen molar-refractivity contribution in [1.29, 1.82) is 0 Å². The van der Waals surface area contributed by atoms with E-state index in [1.807, 2.05) is 30.3 Å². The van der Waals surface area contributed by atoms with E-state index >= 15 is 0 Å². The number of benzene rings is 3. The molecule has 1 fully saturated rings. The summed E-state index contributed by atoms with van der Waals surface area (Å²) in [7, 11) is 0. The molecule has 0 aliphatic carbocycles. The molecule has 2 aliphatic rings. The molecule has 2 heterocycles. The van der Waals surface area contributed by atoms with Crippen LogP contribution in [-0.4, -0.2) is 24.9 Å². The molecule has 1 saturated heterocycles. The number of carbonyl (C=O) groups is 2. The van der Waals surface area contributed by atoms with Gasteiger partial charge in [0.15, 0.2) is 0 Å². The maximum Gasteiger partial charge on any atom is 0.282 e. The second-order valence-electron chi connectivity index (χ2n) is 8.03. The fourth-order valence-electron chi connectivity index (χ4n) is 4.25. The molecule has 0 spiro atoms. The van der Waals surface area contributed by atoms with Gasteiger partial charge in [-0.05, 0) is 60.9 Å². The summed E-state index contributed by atoms with van der Waals surface area (Å²) in [5.74, 6) is -1.64. The molecule has 0 aromatic heterocycles. The van der Waals surface area contributed by atoms with Gasteiger partial charge in [0.1, 0.15) is 11.5 Å². The third-order valence-electron chi connectivity index (χ3n) is 5.92. The van der Waals surface area contributed by atoms with E-state index in [4.69, 9.17) is 11.6 Å². The van der Waals surface area contributed by atoms with Crippen LogP contribution in [0.3, 0.4) is 0 Å². The first-order chi connectivity index (χ1) is 16.0. The Labute approximate surface area is 196 Å². The first-order valence-corrected chi connectivity index (χ1v) is 11.2. The van der Waals surface area contributed by atoms with Crippen LogP contribution < -0.4 is 15.1 Å². The van der Waals surface area contributed by atoms with Gasteiger partial charge >= 0.3 is 0 Å². The lowest BCUT2D eigenvalue weighted by Gasteiger charge is -2.18. The quantitative estimate of drug-likeness (QED) is 0.511. The van der Waals surface area contributed by atoms with E-state index in [1.165, 1.54) is 25.0 Å². The summed E-state index contributed by atoms with van der Waals surface area (Å²) in [5.41, 5.74) is 3.08. The third-order valence-corrected chi connectivity index (χ3v) is 6.21. The predicted molar refractivity (Wildman–Crippen MR) is 129 cm³/mol. The molecular formula is C26H21ClFN3O2. The zero-order valence-electron chi connectivity index (χ0n) is 17.7. The number of nitrogens with zero attached hydrogens (tertiary/aromatic N) is 2. The molecule has 5 nitrogen and oxygen atoms in total. The molecule has 3 aromatic carbocycles. The summed E-state index contributed by atoms with van der Waals surface area (Å²) < 4.78 is 13.7. The van der Waals surface area contributed by atoms with Gasteiger partial charge in [0.05, 0.1) is 16.3 Å².